The van der Waals surface area contributed by atoms with Gasteiger partial charge in [-0.25, -0.2) is 0 Å². The third-order valence-electron chi connectivity index (χ3n) is 1.48. The quantitative estimate of drug-likeness (QED) is 0.584. The van der Waals surface area contributed by atoms with Crippen LogP contribution in [0.5, 0.6) is 0 Å². The van der Waals surface area contributed by atoms with E-state index in [0.717, 1.165) is 0 Å². The molecule has 1 heteroatoms. The second-order valence-electron chi connectivity index (χ2n) is 2.72. The summed E-state index contributed by atoms with van der Waals surface area (Å²) in [7, 11) is 0. The Kier molecular flexibility index (Phi) is 8.02. The van der Waals surface area contributed by atoms with E-state index >= 15 is 0 Å². The molecular weight excluding hydrogens is 187 g/mol. The Morgan fingerprint density at radius 1 is 0.700 bits per heavy atom. The Bertz CT molecular complexity index is 47.5. The Labute approximate surface area is 70.3 Å². The molecule has 0 rings (SSSR count). The molecule has 0 aliphatic rings. The molecule has 0 N–H and O–H groups in total. The minimum atomic E-state index is -0.108. The average Bonchev–Trinajstić information content (AvgIpc) is 1.90. The molecular formula is C9H21Se. The summed E-state index contributed by atoms with van der Waals surface area (Å²) in [6, 6.07) is 0. The summed E-state index contributed by atoms with van der Waals surface area (Å²) in [6.07, 6.45) is 4.26. The van der Waals surface area contributed by atoms with Gasteiger partial charge < -0.3 is 0 Å². The van der Waals surface area contributed by atoms with Gasteiger partial charge in [-0.1, -0.05) is 0 Å². The summed E-state index contributed by atoms with van der Waals surface area (Å²) in [6.45, 7) is 6.96. The zero-order chi connectivity index (χ0) is 7.82. The van der Waals surface area contributed by atoms with E-state index in [1.165, 1.54) is 19.3 Å². The maximum atomic E-state index is 2.32. The summed E-state index contributed by atoms with van der Waals surface area (Å²) in [5.74, 6) is 0. The van der Waals surface area contributed by atoms with E-state index in [2.05, 4.69) is 20.8 Å². The van der Waals surface area contributed by atoms with Crippen molar-refractivity contribution in [3.63, 3.8) is 0 Å². The Morgan fingerprint density at radius 2 is 1.00 bits per heavy atom. The molecule has 0 amide bonds. The van der Waals surface area contributed by atoms with Gasteiger partial charge in [0.2, 0.25) is 0 Å². The zero-order valence-corrected chi connectivity index (χ0v) is 9.36. The van der Waals surface area contributed by atoms with E-state index in [-0.39, 0.29) is 13.9 Å². The van der Waals surface area contributed by atoms with Crippen molar-refractivity contribution < 1.29 is 0 Å². The first kappa shape index (κ1) is 10.5. The van der Waals surface area contributed by atoms with Gasteiger partial charge in [-0.3, -0.25) is 0 Å². The van der Waals surface area contributed by atoms with Crippen molar-refractivity contribution in [1.29, 1.82) is 0 Å². The maximum absolute atomic E-state index is 2.32. The molecule has 0 aliphatic heterocycles. The molecule has 0 aromatic rings. The van der Waals surface area contributed by atoms with Crippen LogP contribution in [-0.2, 0) is 0 Å². The second-order valence-corrected chi connectivity index (χ2v) is 7.86. The molecule has 0 aromatic carbocycles. The molecule has 1 radical (unpaired) electrons. The minimum absolute atomic E-state index is 0.108. The summed E-state index contributed by atoms with van der Waals surface area (Å²) >= 11 is -0.108. The second kappa shape index (κ2) is 7.62. The van der Waals surface area contributed by atoms with Gasteiger partial charge in [0.05, 0.1) is 0 Å². The van der Waals surface area contributed by atoms with Gasteiger partial charge in [0.1, 0.15) is 0 Å². The van der Waals surface area contributed by atoms with Crippen molar-refractivity contribution >= 4 is 13.9 Å². The monoisotopic (exact) mass is 209 g/mol. The van der Waals surface area contributed by atoms with Gasteiger partial charge in [-0.2, -0.15) is 0 Å². The summed E-state index contributed by atoms with van der Waals surface area (Å²) < 4.78 is 0. The molecule has 63 valence electrons. The SMILES string of the molecule is CCC[Se](CCC)CCC. The van der Waals surface area contributed by atoms with Crippen LogP contribution in [0.3, 0.4) is 0 Å². The van der Waals surface area contributed by atoms with E-state index in [1.54, 1.807) is 16.0 Å². The predicted molar refractivity (Wildman–Crippen MR) is 51.0 cm³/mol. The van der Waals surface area contributed by atoms with Gasteiger partial charge in [-0.05, 0) is 0 Å². The van der Waals surface area contributed by atoms with Crippen LogP contribution in [-0.4, -0.2) is 13.9 Å². The van der Waals surface area contributed by atoms with Crippen molar-refractivity contribution in [2.24, 2.45) is 0 Å². The molecule has 0 aromatic heterocycles. The molecule has 10 heavy (non-hydrogen) atoms. The Balaban J connectivity index is 3.30. The van der Waals surface area contributed by atoms with Crippen LogP contribution in [0.2, 0.25) is 16.0 Å². The van der Waals surface area contributed by atoms with Gasteiger partial charge >= 0.3 is 69.9 Å². The van der Waals surface area contributed by atoms with Crippen LogP contribution in [0, 0.1) is 0 Å². The fourth-order valence-electron chi connectivity index (χ4n) is 1.17. The van der Waals surface area contributed by atoms with Crippen molar-refractivity contribution in [2.45, 2.75) is 56.0 Å². The number of hydrogen-bond donors (Lipinski definition) is 0. The van der Waals surface area contributed by atoms with Gasteiger partial charge in [0.15, 0.2) is 0 Å². The summed E-state index contributed by atoms with van der Waals surface area (Å²) in [5.41, 5.74) is 0. The molecule has 0 heterocycles. The van der Waals surface area contributed by atoms with Gasteiger partial charge in [0, 0.05) is 0 Å². The first-order valence-corrected chi connectivity index (χ1v) is 8.12. The number of rotatable bonds is 6. The Morgan fingerprint density at radius 3 is 1.20 bits per heavy atom. The fraction of sp³-hybridized carbons (Fsp3) is 1.00. The third-order valence-corrected chi connectivity index (χ3v) is 7.68. The summed E-state index contributed by atoms with van der Waals surface area (Å²) in [5, 5.41) is 4.71. The number of hydrogen-bond acceptors (Lipinski definition) is 0. The summed E-state index contributed by atoms with van der Waals surface area (Å²) in [4.78, 5) is 0. The molecule has 0 bridgehead atoms. The topological polar surface area (TPSA) is 0 Å². The molecule has 0 saturated heterocycles. The van der Waals surface area contributed by atoms with Crippen molar-refractivity contribution in [1.82, 2.24) is 0 Å². The van der Waals surface area contributed by atoms with E-state index in [1.807, 2.05) is 0 Å². The third kappa shape index (κ3) is 5.32. The van der Waals surface area contributed by atoms with Crippen molar-refractivity contribution in [3.8, 4) is 0 Å². The predicted octanol–water partition coefficient (Wildman–Crippen LogP) is 3.71. The van der Waals surface area contributed by atoms with Gasteiger partial charge in [0.25, 0.3) is 0 Å². The van der Waals surface area contributed by atoms with Gasteiger partial charge in [-0.15, -0.1) is 0 Å². The van der Waals surface area contributed by atoms with Crippen LogP contribution in [0.4, 0.5) is 0 Å². The van der Waals surface area contributed by atoms with E-state index in [9.17, 15) is 0 Å². The zero-order valence-electron chi connectivity index (χ0n) is 7.65. The molecule has 0 atom stereocenters. The molecule has 0 saturated carbocycles. The normalized spacial score (nSPS) is 10.8. The van der Waals surface area contributed by atoms with E-state index in [0.29, 0.717) is 0 Å². The first-order chi connectivity index (χ1) is 4.85. The van der Waals surface area contributed by atoms with Crippen LogP contribution in [0.25, 0.3) is 0 Å². The fourth-order valence-corrected chi connectivity index (χ4v) is 6.09. The molecule has 0 nitrogen and oxygen atoms in total. The molecule has 0 fully saturated rings. The van der Waals surface area contributed by atoms with Crippen molar-refractivity contribution in [3.05, 3.63) is 0 Å². The average molecular weight is 208 g/mol. The van der Waals surface area contributed by atoms with Crippen LogP contribution < -0.4 is 0 Å². The van der Waals surface area contributed by atoms with Crippen molar-refractivity contribution in [2.75, 3.05) is 0 Å². The van der Waals surface area contributed by atoms with E-state index < -0.39 is 0 Å². The standard InChI is InChI=1S/C9H21Se/c1-4-7-10(8-5-2)9-6-3/h4-9H2,1-3H3. The molecule has 0 aliphatic carbocycles. The first-order valence-electron chi connectivity index (χ1n) is 4.49. The van der Waals surface area contributed by atoms with Crippen LogP contribution in [0.1, 0.15) is 40.0 Å². The van der Waals surface area contributed by atoms with Crippen LogP contribution in [0.15, 0.2) is 0 Å². The van der Waals surface area contributed by atoms with Crippen LogP contribution >= 0.6 is 0 Å². The van der Waals surface area contributed by atoms with E-state index in [4.69, 9.17) is 0 Å². The molecule has 0 spiro atoms. The molecule has 0 unspecified atom stereocenters. The Hall–Kier alpha value is 0.519.